The van der Waals surface area contributed by atoms with Gasteiger partial charge in [-0.05, 0) is 57.4 Å². The van der Waals surface area contributed by atoms with Gasteiger partial charge >= 0.3 is 0 Å². The molecule has 3 nitrogen and oxygen atoms in total. The quantitative estimate of drug-likeness (QED) is 0.862. The van der Waals surface area contributed by atoms with Gasteiger partial charge in [0, 0.05) is 25.9 Å². The summed E-state index contributed by atoms with van der Waals surface area (Å²) in [6.07, 6.45) is 11.7. The highest BCUT2D eigenvalue weighted by Gasteiger charge is 2.42. The second-order valence-corrected chi connectivity index (χ2v) is 7.11. The van der Waals surface area contributed by atoms with Crippen molar-refractivity contribution in [3.63, 3.8) is 0 Å². The first-order valence-electron chi connectivity index (χ1n) is 8.72. The van der Waals surface area contributed by atoms with Gasteiger partial charge in [0.1, 0.15) is 0 Å². The van der Waals surface area contributed by atoms with E-state index in [-0.39, 0.29) is 5.60 Å². The van der Waals surface area contributed by atoms with E-state index in [0.29, 0.717) is 6.04 Å². The van der Waals surface area contributed by atoms with Crippen LogP contribution < -0.4 is 5.32 Å². The van der Waals surface area contributed by atoms with Gasteiger partial charge in [0.25, 0.3) is 0 Å². The van der Waals surface area contributed by atoms with Crippen molar-refractivity contribution >= 4 is 0 Å². The summed E-state index contributed by atoms with van der Waals surface area (Å²) in [5, 5.41) is 3.65. The van der Waals surface area contributed by atoms with Crippen LogP contribution in [0.2, 0.25) is 0 Å². The minimum absolute atomic E-state index is 0.238. The standard InChI is InChI=1S/C17H31NO2/c1-18-16(14-5-10-19-11-6-14)15-7-12-20-17(13-15)8-3-2-4-9-17/h14-16,18H,2-13H2,1H3. The minimum atomic E-state index is 0.238. The summed E-state index contributed by atoms with van der Waals surface area (Å²) in [5.74, 6) is 1.60. The SMILES string of the molecule is CNC(C1CCOCC1)C1CCOC2(CCCCC2)C1. The van der Waals surface area contributed by atoms with Gasteiger partial charge in [-0.15, -0.1) is 0 Å². The molecule has 0 aromatic rings. The number of ether oxygens (including phenoxy) is 2. The van der Waals surface area contributed by atoms with Crippen molar-refractivity contribution in [1.82, 2.24) is 5.32 Å². The molecule has 0 aromatic heterocycles. The number of rotatable bonds is 3. The molecule has 1 N–H and O–H groups in total. The lowest BCUT2D eigenvalue weighted by Gasteiger charge is -2.47. The van der Waals surface area contributed by atoms with Crippen LogP contribution in [-0.2, 0) is 9.47 Å². The molecule has 1 aliphatic carbocycles. The molecule has 3 heteroatoms. The van der Waals surface area contributed by atoms with E-state index in [2.05, 4.69) is 12.4 Å². The van der Waals surface area contributed by atoms with E-state index in [9.17, 15) is 0 Å². The first-order valence-corrected chi connectivity index (χ1v) is 8.72. The molecule has 116 valence electrons. The second kappa shape index (κ2) is 6.76. The zero-order chi connectivity index (χ0) is 13.8. The van der Waals surface area contributed by atoms with Crippen molar-refractivity contribution in [1.29, 1.82) is 0 Å². The minimum Gasteiger partial charge on any atom is -0.381 e. The van der Waals surface area contributed by atoms with E-state index in [4.69, 9.17) is 9.47 Å². The Bertz CT molecular complexity index is 290. The van der Waals surface area contributed by atoms with Crippen LogP contribution in [0.4, 0.5) is 0 Å². The summed E-state index contributed by atoms with van der Waals surface area (Å²) >= 11 is 0. The van der Waals surface area contributed by atoms with Crippen molar-refractivity contribution in [3.8, 4) is 0 Å². The monoisotopic (exact) mass is 281 g/mol. The maximum Gasteiger partial charge on any atom is 0.0685 e. The number of nitrogens with one attached hydrogen (secondary N) is 1. The highest BCUT2D eigenvalue weighted by Crippen LogP contribution is 2.43. The van der Waals surface area contributed by atoms with Crippen molar-refractivity contribution in [2.45, 2.75) is 69.4 Å². The molecule has 1 spiro atoms. The Morgan fingerprint density at radius 3 is 2.35 bits per heavy atom. The lowest BCUT2D eigenvalue weighted by atomic mass is 9.71. The van der Waals surface area contributed by atoms with E-state index in [1.807, 2.05) is 0 Å². The Balaban J connectivity index is 1.64. The molecule has 2 atom stereocenters. The third-order valence-electron chi connectivity index (χ3n) is 5.91. The molecule has 1 saturated carbocycles. The molecular weight excluding hydrogens is 250 g/mol. The first-order chi connectivity index (χ1) is 9.83. The fraction of sp³-hybridized carbons (Fsp3) is 1.00. The summed E-state index contributed by atoms with van der Waals surface area (Å²) < 4.78 is 11.8. The second-order valence-electron chi connectivity index (χ2n) is 7.11. The summed E-state index contributed by atoms with van der Waals surface area (Å²) in [6.45, 7) is 2.89. The van der Waals surface area contributed by atoms with E-state index >= 15 is 0 Å². The normalized spacial score (nSPS) is 33.1. The van der Waals surface area contributed by atoms with Gasteiger partial charge < -0.3 is 14.8 Å². The topological polar surface area (TPSA) is 30.5 Å². The number of hydrogen-bond donors (Lipinski definition) is 1. The van der Waals surface area contributed by atoms with E-state index in [1.54, 1.807) is 0 Å². The highest BCUT2D eigenvalue weighted by molar-refractivity contribution is 4.94. The molecule has 0 bridgehead atoms. The van der Waals surface area contributed by atoms with Crippen molar-refractivity contribution < 1.29 is 9.47 Å². The maximum atomic E-state index is 6.27. The van der Waals surface area contributed by atoms with Crippen LogP contribution in [0.25, 0.3) is 0 Å². The molecule has 2 heterocycles. The molecule has 2 saturated heterocycles. The zero-order valence-electron chi connectivity index (χ0n) is 13.0. The molecule has 2 aliphatic heterocycles. The maximum absolute atomic E-state index is 6.27. The third kappa shape index (κ3) is 3.20. The molecule has 3 rings (SSSR count). The van der Waals surface area contributed by atoms with Crippen molar-refractivity contribution in [3.05, 3.63) is 0 Å². The Morgan fingerprint density at radius 2 is 1.65 bits per heavy atom. The largest absolute Gasteiger partial charge is 0.381 e. The predicted molar refractivity (Wildman–Crippen MR) is 80.9 cm³/mol. The molecule has 3 fully saturated rings. The van der Waals surface area contributed by atoms with Crippen LogP contribution >= 0.6 is 0 Å². The average Bonchev–Trinajstić information content (AvgIpc) is 2.50. The predicted octanol–water partition coefficient (Wildman–Crippen LogP) is 3.13. The smallest absolute Gasteiger partial charge is 0.0685 e. The fourth-order valence-corrected chi connectivity index (χ4v) is 4.85. The molecule has 2 unspecified atom stereocenters. The summed E-state index contributed by atoms with van der Waals surface area (Å²) in [7, 11) is 2.16. The Labute approximate surface area is 123 Å². The Kier molecular flexibility index (Phi) is 5.00. The molecule has 0 aromatic carbocycles. The fourth-order valence-electron chi connectivity index (χ4n) is 4.85. The van der Waals surface area contributed by atoms with Gasteiger partial charge in [0.2, 0.25) is 0 Å². The van der Waals surface area contributed by atoms with Crippen molar-refractivity contribution in [2.24, 2.45) is 11.8 Å². The van der Waals surface area contributed by atoms with Crippen molar-refractivity contribution in [2.75, 3.05) is 26.9 Å². The van der Waals surface area contributed by atoms with Gasteiger partial charge in [-0.25, -0.2) is 0 Å². The molecule has 0 amide bonds. The zero-order valence-corrected chi connectivity index (χ0v) is 13.0. The van der Waals surface area contributed by atoms with Crippen LogP contribution in [0.1, 0.15) is 57.8 Å². The van der Waals surface area contributed by atoms with Crippen LogP contribution in [0.5, 0.6) is 0 Å². The first kappa shape index (κ1) is 14.8. The van der Waals surface area contributed by atoms with Gasteiger partial charge in [-0.2, -0.15) is 0 Å². The van der Waals surface area contributed by atoms with E-state index < -0.39 is 0 Å². The lowest BCUT2D eigenvalue weighted by Crippen LogP contribution is -2.50. The summed E-state index contributed by atoms with van der Waals surface area (Å²) in [5.41, 5.74) is 0.238. The number of hydrogen-bond acceptors (Lipinski definition) is 3. The molecule has 0 radical (unpaired) electrons. The van der Waals surface area contributed by atoms with E-state index in [0.717, 1.165) is 31.7 Å². The van der Waals surface area contributed by atoms with Crippen LogP contribution in [-0.4, -0.2) is 38.5 Å². The van der Waals surface area contributed by atoms with Gasteiger partial charge in [0.05, 0.1) is 5.60 Å². The Hall–Kier alpha value is -0.120. The van der Waals surface area contributed by atoms with Crippen LogP contribution in [0.3, 0.4) is 0 Å². The third-order valence-corrected chi connectivity index (χ3v) is 5.91. The lowest BCUT2D eigenvalue weighted by molar-refractivity contribution is -0.125. The van der Waals surface area contributed by atoms with Gasteiger partial charge in [-0.3, -0.25) is 0 Å². The van der Waals surface area contributed by atoms with Crippen LogP contribution in [0.15, 0.2) is 0 Å². The van der Waals surface area contributed by atoms with Crippen LogP contribution in [0, 0.1) is 11.8 Å². The van der Waals surface area contributed by atoms with Gasteiger partial charge in [-0.1, -0.05) is 19.3 Å². The average molecular weight is 281 g/mol. The Morgan fingerprint density at radius 1 is 0.950 bits per heavy atom. The van der Waals surface area contributed by atoms with E-state index in [1.165, 1.54) is 57.8 Å². The summed E-state index contributed by atoms with van der Waals surface area (Å²) in [4.78, 5) is 0. The highest BCUT2D eigenvalue weighted by atomic mass is 16.5. The van der Waals surface area contributed by atoms with Gasteiger partial charge in [0.15, 0.2) is 0 Å². The molecule has 3 aliphatic rings. The molecular formula is C17H31NO2. The molecule has 20 heavy (non-hydrogen) atoms. The summed E-state index contributed by atoms with van der Waals surface area (Å²) in [6, 6.07) is 0.668.